The Kier molecular flexibility index (Phi) is 4.75. The summed E-state index contributed by atoms with van der Waals surface area (Å²) < 4.78 is 51.9. The van der Waals surface area contributed by atoms with Gasteiger partial charge in [-0.3, -0.25) is 4.79 Å². The van der Waals surface area contributed by atoms with Crippen molar-refractivity contribution in [3.05, 3.63) is 35.1 Å². The van der Waals surface area contributed by atoms with Crippen LogP contribution in [0.1, 0.15) is 35.7 Å². The van der Waals surface area contributed by atoms with Crippen LogP contribution in [-0.2, 0) is 6.18 Å². The lowest BCUT2D eigenvalue weighted by Crippen LogP contribution is -2.45. The Morgan fingerprint density at radius 3 is 2.68 bits per heavy atom. The maximum absolute atomic E-state index is 13.8. The molecule has 2 atom stereocenters. The molecule has 0 saturated carbocycles. The van der Waals surface area contributed by atoms with E-state index in [4.69, 9.17) is 5.73 Å². The van der Waals surface area contributed by atoms with Crippen LogP contribution in [0.5, 0.6) is 0 Å². The van der Waals surface area contributed by atoms with E-state index < -0.39 is 29.0 Å². The molecule has 1 aliphatic heterocycles. The summed E-state index contributed by atoms with van der Waals surface area (Å²) in [5.74, 6) is -1.58. The van der Waals surface area contributed by atoms with Gasteiger partial charge in [0.15, 0.2) is 0 Å². The van der Waals surface area contributed by atoms with Crippen molar-refractivity contribution >= 4 is 5.91 Å². The monoisotopic (exact) mass is 318 g/mol. The molecule has 0 aromatic heterocycles. The van der Waals surface area contributed by atoms with Crippen LogP contribution in [0.3, 0.4) is 0 Å². The molecular formula is C15H18F4N2O. The highest BCUT2D eigenvalue weighted by Crippen LogP contribution is 2.31. The van der Waals surface area contributed by atoms with E-state index in [1.165, 1.54) is 4.90 Å². The summed E-state index contributed by atoms with van der Waals surface area (Å²) in [4.78, 5) is 13.7. The fourth-order valence-electron chi connectivity index (χ4n) is 2.66. The number of likely N-dealkylation sites (tertiary alicyclic amines) is 1. The summed E-state index contributed by atoms with van der Waals surface area (Å²) in [6.07, 6.45) is -3.05. The Balaban J connectivity index is 2.25. The standard InChI is InChI=1S/C15H18F4N2O/c1-9(20)10-3-2-6-21(8-10)14(22)12-7-11(15(17,18)19)4-5-13(12)16/h4-5,7,9-10H,2-3,6,8,20H2,1H3/t9-,10+/m0/s1. The second-order valence-electron chi connectivity index (χ2n) is 5.70. The molecule has 22 heavy (non-hydrogen) atoms. The molecule has 0 aliphatic carbocycles. The first-order chi connectivity index (χ1) is 10.2. The molecule has 1 aromatic carbocycles. The van der Waals surface area contributed by atoms with Crippen LogP contribution in [0.4, 0.5) is 17.6 Å². The molecule has 0 spiro atoms. The molecule has 122 valence electrons. The summed E-state index contributed by atoms with van der Waals surface area (Å²) in [6, 6.07) is 1.77. The molecule has 0 bridgehead atoms. The summed E-state index contributed by atoms with van der Waals surface area (Å²) in [7, 11) is 0. The molecule has 1 heterocycles. The van der Waals surface area contributed by atoms with Crippen molar-refractivity contribution in [2.75, 3.05) is 13.1 Å². The third-order valence-corrected chi connectivity index (χ3v) is 4.01. The van der Waals surface area contributed by atoms with E-state index in [2.05, 4.69) is 0 Å². The van der Waals surface area contributed by atoms with Crippen LogP contribution in [-0.4, -0.2) is 29.9 Å². The Labute approximate surface area is 126 Å². The van der Waals surface area contributed by atoms with Crippen LogP contribution in [0.2, 0.25) is 0 Å². The zero-order chi connectivity index (χ0) is 16.5. The SMILES string of the molecule is C[C@H](N)[C@@H]1CCCN(C(=O)c2cc(C(F)(F)F)ccc2F)C1. The molecule has 3 nitrogen and oxygen atoms in total. The lowest BCUT2D eigenvalue weighted by Gasteiger charge is -2.34. The number of nitrogens with zero attached hydrogens (tertiary/aromatic N) is 1. The fraction of sp³-hybridized carbons (Fsp3) is 0.533. The summed E-state index contributed by atoms with van der Waals surface area (Å²) in [5.41, 5.74) is 4.25. The van der Waals surface area contributed by atoms with E-state index in [0.717, 1.165) is 6.42 Å². The topological polar surface area (TPSA) is 46.3 Å². The first kappa shape index (κ1) is 16.7. The molecule has 0 unspecified atom stereocenters. The minimum absolute atomic E-state index is 0.0755. The smallest absolute Gasteiger partial charge is 0.338 e. The molecule has 7 heteroatoms. The molecule has 1 aliphatic rings. The number of piperidine rings is 1. The van der Waals surface area contributed by atoms with Gasteiger partial charge in [-0.05, 0) is 43.9 Å². The van der Waals surface area contributed by atoms with Gasteiger partial charge in [0.1, 0.15) is 5.82 Å². The number of halogens is 4. The number of hydrogen-bond donors (Lipinski definition) is 1. The van der Waals surface area contributed by atoms with Gasteiger partial charge < -0.3 is 10.6 Å². The lowest BCUT2D eigenvalue weighted by atomic mass is 9.91. The predicted octanol–water partition coefficient (Wildman–Crippen LogP) is 3.04. The van der Waals surface area contributed by atoms with Gasteiger partial charge in [0.25, 0.3) is 5.91 Å². The molecule has 2 rings (SSSR count). The van der Waals surface area contributed by atoms with Gasteiger partial charge in [-0.1, -0.05) is 0 Å². The van der Waals surface area contributed by atoms with Crippen LogP contribution in [0.25, 0.3) is 0 Å². The molecule has 1 saturated heterocycles. The molecule has 1 aromatic rings. The number of carbonyl (C=O) groups excluding carboxylic acids is 1. The van der Waals surface area contributed by atoms with Crippen LogP contribution >= 0.6 is 0 Å². The number of nitrogens with two attached hydrogens (primary N) is 1. The van der Waals surface area contributed by atoms with E-state index in [1.807, 2.05) is 6.92 Å². The highest BCUT2D eigenvalue weighted by molar-refractivity contribution is 5.94. The van der Waals surface area contributed by atoms with E-state index in [1.54, 1.807) is 0 Å². The van der Waals surface area contributed by atoms with Crippen molar-refractivity contribution in [3.63, 3.8) is 0 Å². The van der Waals surface area contributed by atoms with Gasteiger partial charge in [-0.2, -0.15) is 13.2 Å². The van der Waals surface area contributed by atoms with Gasteiger partial charge >= 0.3 is 6.18 Å². The molecule has 0 radical (unpaired) electrons. The molecule has 1 fully saturated rings. The van der Waals surface area contributed by atoms with Crippen molar-refractivity contribution < 1.29 is 22.4 Å². The molecule has 1 amide bonds. The van der Waals surface area contributed by atoms with Gasteiger partial charge in [-0.15, -0.1) is 0 Å². The van der Waals surface area contributed by atoms with E-state index in [-0.39, 0.29) is 12.0 Å². The first-order valence-electron chi connectivity index (χ1n) is 7.11. The van der Waals surface area contributed by atoms with Gasteiger partial charge in [0.05, 0.1) is 11.1 Å². The van der Waals surface area contributed by atoms with Crippen molar-refractivity contribution in [2.24, 2.45) is 11.7 Å². The van der Waals surface area contributed by atoms with E-state index in [9.17, 15) is 22.4 Å². The van der Waals surface area contributed by atoms with Crippen molar-refractivity contribution in [2.45, 2.75) is 32.0 Å². The van der Waals surface area contributed by atoms with E-state index >= 15 is 0 Å². The average molecular weight is 318 g/mol. The Hall–Kier alpha value is -1.63. The molecular weight excluding hydrogens is 300 g/mol. The van der Waals surface area contributed by atoms with Gasteiger partial charge in [0, 0.05) is 19.1 Å². The van der Waals surface area contributed by atoms with Crippen molar-refractivity contribution in [1.82, 2.24) is 4.90 Å². The Bertz CT molecular complexity index is 557. The second kappa shape index (κ2) is 6.24. The summed E-state index contributed by atoms with van der Waals surface area (Å²) >= 11 is 0. The number of alkyl halides is 3. The minimum atomic E-state index is -4.61. The zero-order valence-electron chi connectivity index (χ0n) is 12.2. The number of benzene rings is 1. The third kappa shape index (κ3) is 3.58. The largest absolute Gasteiger partial charge is 0.416 e. The van der Waals surface area contributed by atoms with E-state index in [0.29, 0.717) is 37.7 Å². The van der Waals surface area contributed by atoms with Crippen molar-refractivity contribution in [1.29, 1.82) is 0 Å². The van der Waals surface area contributed by atoms with Gasteiger partial charge in [-0.25, -0.2) is 4.39 Å². The zero-order valence-corrected chi connectivity index (χ0v) is 12.2. The minimum Gasteiger partial charge on any atom is -0.338 e. The number of amides is 1. The predicted molar refractivity (Wildman–Crippen MR) is 73.7 cm³/mol. The number of carbonyl (C=O) groups is 1. The lowest BCUT2D eigenvalue weighted by molar-refractivity contribution is -0.137. The van der Waals surface area contributed by atoms with Crippen molar-refractivity contribution in [3.8, 4) is 0 Å². The fourth-order valence-corrected chi connectivity index (χ4v) is 2.66. The Morgan fingerprint density at radius 1 is 1.41 bits per heavy atom. The maximum Gasteiger partial charge on any atom is 0.416 e. The van der Waals surface area contributed by atoms with Gasteiger partial charge in [0.2, 0.25) is 0 Å². The van der Waals surface area contributed by atoms with Crippen LogP contribution < -0.4 is 5.73 Å². The normalized spacial score (nSPS) is 20.8. The average Bonchev–Trinajstić information content (AvgIpc) is 2.46. The molecule has 2 N–H and O–H groups in total. The van der Waals surface area contributed by atoms with Crippen LogP contribution in [0.15, 0.2) is 18.2 Å². The number of hydrogen-bond acceptors (Lipinski definition) is 2. The summed E-state index contributed by atoms with van der Waals surface area (Å²) in [6.45, 7) is 2.56. The second-order valence-corrected chi connectivity index (χ2v) is 5.70. The quantitative estimate of drug-likeness (QED) is 0.852. The van der Waals surface area contributed by atoms with Crippen LogP contribution in [0, 0.1) is 11.7 Å². The third-order valence-electron chi connectivity index (χ3n) is 4.01. The number of rotatable bonds is 2. The Morgan fingerprint density at radius 2 is 2.09 bits per heavy atom. The first-order valence-corrected chi connectivity index (χ1v) is 7.11. The maximum atomic E-state index is 13.8. The highest BCUT2D eigenvalue weighted by Gasteiger charge is 2.33. The highest BCUT2D eigenvalue weighted by atomic mass is 19.4. The summed E-state index contributed by atoms with van der Waals surface area (Å²) in [5, 5.41) is 0.